The minimum atomic E-state index is -4.72. The maximum Gasteiger partial charge on any atom is 0.417 e. The highest BCUT2D eigenvalue weighted by molar-refractivity contribution is 6.48. The van der Waals surface area contributed by atoms with Crippen LogP contribution in [-0.4, -0.2) is 0 Å². The average molecular weight is 1550 g/mol. The summed E-state index contributed by atoms with van der Waals surface area (Å²) in [6.45, 7) is 0. The third-order valence-electron chi connectivity index (χ3n) is 25.7. The van der Waals surface area contributed by atoms with Gasteiger partial charge in [0.15, 0.2) is 0 Å². The Hall–Kier alpha value is -15.5. The van der Waals surface area contributed by atoms with Crippen LogP contribution in [0.25, 0.3) is 251 Å². The highest BCUT2D eigenvalue weighted by Gasteiger charge is 2.37. The molecule has 24 rings (SSSR count). The second-order valence-electron chi connectivity index (χ2n) is 31.8. The molecule has 0 unspecified atom stereocenters. The van der Waals surface area contributed by atoms with Crippen molar-refractivity contribution in [2.75, 3.05) is 0 Å². The van der Waals surface area contributed by atoms with E-state index in [1.807, 2.05) is 48.5 Å². The number of nitrogens with zero attached hydrogens (tertiary/aromatic N) is 2. The summed E-state index contributed by atoms with van der Waals surface area (Å²) >= 11 is 0. The lowest BCUT2D eigenvalue weighted by Crippen LogP contribution is -2.07. The first-order valence-electron chi connectivity index (χ1n) is 40.0. The predicted octanol–water partition coefficient (Wildman–Crippen LogP) is 32.4. The van der Waals surface area contributed by atoms with Crippen LogP contribution in [0, 0.1) is 22.7 Å². The molecule has 0 atom stereocenters. The van der Waals surface area contributed by atoms with E-state index in [2.05, 4.69) is 267 Å². The largest absolute Gasteiger partial charge is 0.417 e. The Balaban J connectivity index is 0.722. The number of rotatable bonds is 9. The van der Waals surface area contributed by atoms with E-state index < -0.39 is 29.0 Å². The van der Waals surface area contributed by atoms with Gasteiger partial charge in [0.25, 0.3) is 0 Å². The summed E-state index contributed by atoms with van der Waals surface area (Å²) in [5.41, 5.74) is 13.2. The van der Waals surface area contributed by atoms with Crippen LogP contribution in [-0.2, 0) is 12.4 Å². The van der Waals surface area contributed by atoms with Gasteiger partial charge in [-0.2, -0.15) is 36.9 Å². The van der Waals surface area contributed by atoms with E-state index in [0.29, 0.717) is 16.7 Å². The van der Waals surface area contributed by atoms with Crippen molar-refractivity contribution >= 4 is 151 Å². The van der Waals surface area contributed by atoms with Crippen molar-refractivity contribution in [3.05, 3.63) is 374 Å². The van der Waals surface area contributed by atoms with E-state index in [9.17, 15) is 36.9 Å². The fourth-order valence-corrected chi connectivity index (χ4v) is 20.9. The van der Waals surface area contributed by atoms with E-state index >= 15 is 0 Å². The molecule has 120 heavy (non-hydrogen) atoms. The van der Waals surface area contributed by atoms with Crippen LogP contribution < -0.4 is 0 Å². The van der Waals surface area contributed by atoms with Crippen LogP contribution in [0.2, 0.25) is 0 Å². The SMILES string of the molecule is N#Cc1ccc(-c2cccc(-c3ccc4c5c(-c6ccccc6)c6cc7c8ccccc8c8cccc(c6c(-c6ccc(-c9ccc(-c%10c%11cc%12c%13ccccc%13c%13cccc(c%11c(-c%11ccccc%11)c%11c%14ccc(-c%15cccc(-c%16ccc(C#N)c(C(F)(F)F)c%16)c%15)c%15cccc(c%10%11)c%15%14)c%13%12)cc9)cc6)c5c5cccc3c45)c87)c2)c(C(F)(F)F)c1. The Bertz CT molecular complexity index is 8610. The van der Waals surface area contributed by atoms with Crippen LogP contribution in [0.4, 0.5) is 26.3 Å². The van der Waals surface area contributed by atoms with Crippen molar-refractivity contribution in [2.45, 2.75) is 12.4 Å². The van der Waals surface area contributed by atoms with E-state index in [-0.39, 0.29) is 11.1 Å². The summed E-state index contributed by atoms with van der Waals surface area (Å²) in [5, 5.41) is 51.1. The summed E-state index contributed by atoms with van der Waals surface area (Å²) in [7, 11) is 0. The van der Waals surface area contributed by atoms with Gasteiger partial charge in [0.05, 0.1) is 34.4 Å². The first kappa shape index (κ1) is 68.9. The van der Waals surface area contributed by atoms with Crippen LogP contribution in [0.5, 0.6) is 0 Å². The smallest absolute Gasteiger partial charge is 0.192 e. The molecule has 2 nitrogen and oxygen atoms in total. The van der Waals surface area contributed by atoms with Gasteiger partial charge in [-0.25, -0.2) is 0 Å². The number of hydrogen-bond acceptors (Lipinski definition) is 2. The number of hydrogen-bond donors (Lipinski definition) is 0. The summed E-state index contributed by atoms with van der Waals surface area (Å²) in [5.74, 6) is 0. The van der Waals surface area contributed by atoms with Gasteiger partial charge in [-0.3, -0.25) is 0 Å². The Morgan fingerprint density at radius 1 is 0.175 bits per heavy atom. The first-order chi connectivity index (χ1) is 58.7. The Morgan fingerprint density at radius 3 is 0.958 bits per heavy atom. The fraction of sp³-hybridized carbons (Fsp3) is 0.0179. The van der Waals surface area contributed by atoms with Gasteiger partial charge in [-0.05, 0) is 299 Å². The predicted molar refractivity (Wildman–Crippen MR) is 485 cm³/mol. The molecule has 0 aromatic heterocycles. The van der Waals surface area contributed by atoms with Gasteiger partial charge in [-0.1, -0.05) is 303 Å². The van der Waals surface area contributed by atoms with Gasteiger partial charge < -0.3 is 0 Å². The molecular formula is C112H58F6N2. The second kappa shape index (κ2) is 25.5. The number of nitriles is 2. The molecular weight excluding hydrogens is 1490 g/mol. The molecule has 24 aromatic rings. The summed E-state index contributed by atoms with van der Waals surface area (Å²) in [6.07, 6.45) is -9.42. The fourth-order valence-electron chi connectivity index (χ4n) is 20.9. The molecule has 24 aromatic carbocycles. The van der Waals surface area contributed by atoms with Gasteiger partial charge in [0.2, 0.25) is 0 Å². The monoisotopic (exact) mass is 1540 g/mol. The standard InChI is InChI=1S/C112H58F6N2/c113-111(114,115)95-56-69(46-47-73(95)60-120)68-21-11-22-70(54-68)74-50-52-90-101-81(74)29-13-35-87(101)107-98(94-58-92-80-28-10-8-26-78(80)83-31-15-33-85(103(83)92)105(94)99(110(90)107)65-19-5-2-6-20-65)66-42-38-62(39-43-66)63-40-44-67(45-41-63)100-106-86-34-16-32-84-77-25-7-9-27-79(77)91(104(84)86)57-93(106)97(64-17-3-1-4-18-64)108-89-51-49-75(82-30-14-36-88(102(82)89)109(100)108)71-23-12-24-72(55-71)76-48-37-61(59-119)53-96(76)112(116,117)118/h1-58H. The minimum absolute atomic E-state index is 0.00105. The summed E-state index contributed by atoms with van der Waals surface area (Å²) in [6, 6.07) is 124. The Kier molecular flexibility index (Phi) is 14.6. The molecule has 0 aliphatic rings. The third-order valence-corrected chi connectivity index (χ3v) is 25.7. The van der Waals surface area contributed by atoms with E-state index in [1.54, 1.807) is 18.2 Å². The summed E-state index contributed by atoms with van der Waals surface area (Å²) in [4.78, 5) is 0. The second-order valence-corrected chi connectivity index (χ2v) is 31.8. The van der Waals surface area contributed by atoms with Crippen LogP contribution >= 0.6 is 0 Å². The number of alkyl halides is 6. The maximum absolute atomic E-state index is 14.9. The molecule has 0 fully saturated rings. The molecule has 0 amide bonds. The first-order valence-corrected chi connectivity index (χ1v) is 40.0. The Morgan fingerprint density at radius 2 is 0.492 bits per heavy atom. The molecule has 0 N–H and O–H groups in total. The zero-order valence-corrected chi connectivity index (χ0v) is 63.6. The molecule has 0 radical (unpaired) electrons. The topological polar surface area (TPSA) is 47.6 Å². The number of halogens is 6. The molecule has 8 heteroatoms. The number of benzene rings is 20. The highest BCUT2D eigenvalue weighted by atomic mass is 19.4. The van der Waals surface area contributed by atoms with Crippen molar-refractivity contribution in [3.63, 3.8) is 0 Å². The molecule has 558 valence electrons. The van der Waals surface area contributed by atoms with E-state index in [1.165, 1.54) is 72.1 Å². The normalized spacial score (nSPS) is 12.4. The number of fused-ring (bicyclic) bond motifs is 16. The van der Waals surface area contributed by atoms with Crippen LogP contribution in [0.15, 0.2) is 352 Å². The molecule has 0 spiro atoms. The lowest BCUT2D eigenvalue weighted by molar-refractivity contribution is -0.138. The van der Waals surface area contributed by atoms with Crippen molar-refractivity contribution < 1.29 is 26.3 Å². The molecule has 0 saturated carbocycles. The molecule has 0 bridgehead atoms. The van der Waals surface area contributed by atoms with Gasteiger partial charge >= 0.3 is 12.4 Å². The molecule has 0 heterocycles. The van der Waals surface area contributed by atoms with Gasteiger partial charge in [0, 0.05) is 0 Å². The molecule has 0 aliphatic heterocycles. The van der Waals surface area contributed by atoms with Crippen molar-refractivity contribution in [1.29, 1.82) is 10.5 Å². The van der Waals surface area contributed by atoms with Crippen LogP contribution in [0.3, 0.4) is 0 Å². The van der Waals surface area contributed by atoms with Crippen LogP contribution in [0.1, 0.15) is 22.3 Å². The maximum atomic E-state index is 14.9. The lowest BCUT2D eigenvalue weighted by Gasteiger charge is -2.19. The van der Waals surface area contributed by atoms with Crippen molar-refractivity contribution in [2.24, 2.45) is 0 Å². The third kappa shape index (κ3) is 9.91. The molecule has 0 aliphatic carbocycles. The van der Waals surface area contributed by atoms with Gasteiger partial charge in [-0.15, -0.1) is 0 Å². The van der Waals surface area contributed by atoms with E-state index in [0.717, 1.165) is 187 Å². The molecule has 0 saturated heterocycles. The quantitative estimate of drug-likeness (QED) is 0.107. The Labute approximate surface area is 682 Å². The zero-order valence-electron chi connectivity index (χ0n) is 63.6. The van der Waals surface area contributed by atoms with Gasteiger partial charge in [0.1, 0.15) is 0 Å². The van der Waals surface area contributed by atoms with E-state index in [4.69, 9.17) is 0 Å². The minimum Gasteiger partial charge on any atom is -0.192 e. The zero-order chi connectivity index (χ0) is 80.3. The summed E-state index contributed by atoms with van der Waals surface area (Å²) < 4.78 is 88.3. The van der Waals surface area contributed by atoms with Crippen molar-refractivity contribution in [3.8, 4) is 112 Å². The lowest BCUT2D eigenvalue weighted by atomic mass is 9.83. The van der Waals surface area contributed by atoms with Crippen molar-refractivity contribution in [1.82, 2.24) is 0 Å². The average Bonchev–Trinajstić information content (AvgIpc) is 1.51. The highest BCUT2D eigenvalue weighted by Crippen LogP contribution is 2.59.